The van der Waals surface area contributed by atoms with Crippen LogP contribution in [0.25, 0.3) is 28.1 Å². The van der Waals surface area contributed by atoms with E-state index >= 15 is 0 Å². The fourth-order valence-electron chi connectivity index (χ4n) is 2.89. The number of carbonyl (C=O) groups is 1. The van der Waals surface area contributed by atoms with Crippen LogP contribution in [-0.2, 0) is 0 Å². The maximum absolute atomic E-state index is 11.1. The van der Waals surface area contributed by atoms with Crippen LogP contribution in [0.15, 0.2) is 59.6 Å². The molecule has 0 saturated heterocycles. The molecule has 126 valence electrons. The summed E-state index contributed by atoms with van der Waals surface area (Å²) in [5.41, 5.74) is 2.97. The van der Waals surface area contributed by atoms with E-state index in [1.165, 1.54) is 18.5 Å². The van der Waals surface area contributed by atoms with E-state index in [4.69, 9.17) is 9.52 Å². The van der Waals surface area contributed by atoms with Crippen LogP contribution in [0.5, 0.6) is 5.75 Å². The van der Waals surface area contributed by atoms with Crippen molar-refractivity contribution in [2.75, 3.05) is 0 Å². The van der Waals surface area contributed by atoms with E-state index in [-0.39, 0.29) is 11.3 Å². The van der Waals surface area contributed by atoms with E-state index in [1.54, 1.807) is 28.9 Å². The van der Waals surface area contributed by atoms with Gasteiger partial charge in [0, 0.05) is 17.3 Å². The normalized spacial score (nSPS) is 10.7. The van der Waals surface area contributed by atoms with Crippen molar-refractivity contribution in [3.8, 4) is 34.4 Å². The molecule has 0 amide bonds. The van der Waals surface area contributed by atoms with Crippen molar-refractivity contribution in [3.05, 3.63) is 66.3 Å². The van der Waals surface area contributed by atoms with Crippen molar-refractivity contribution in [1.82, 2.24) is 9.38 Å². The molecule has 3 heterocycles. The first-order chi connectivity index (χ1) is 12.6. The summed E-state index contributed by atoms with van der Waals surface area (Å²) in [4.78, 5) is 15.0. The summed E-state index contributed by atoms with van der Waals surface area (Å²) >= 11 is 0. The Kier molecular flexibility index (Phi) is 3.45. The minimum Gasteiger partial charge on any atom is -0.507 e. The molecular weight excluding hydrogens is 334 g/mol. The summed E-state index contributed by atoms with van der Waals surface area (Å²) in [6.45, 7) is 0. The van der Waals surface area contributed by atoms with E-state index in [0.29, 0.717) is 28.1 Å². The average molecular weight is 345 g/mol. The number of phenols is 1. The second kappa shape index (κ2) is 5.79. The topological polar surface area (TPSA) is 112 Å². The zero-order chi connectivity index (χ0) is 18.3. The average Bonchev–Trinajstić information content (AvgIpc) is 3.28. The van der Waals surface area contributed by atoms with Crippen LogP contribution in [0.2, 0.25) is 0 Å². The van der Waals surface area contributed by atoms with Crippen molar-refractivity contribution in [3.63, 3.8) is 0 Å². The number of aromatic nitrogens is 2. The van der Waals surface area contributed by atoms with Gasteiger partial charge in [-0.2, -0.15) is 5.26 Å². The lowest BCUT2D eigenvalue weighted by molar-refractivity contribution is 0.0694. The molecule has 0 bridgehead atoms. The summed E-state index contributed by atoms with van der Waals surface area (Å²) in [5, 5.41) is 28.5. The third kappa shape index (κ3) is 2.37. The Balaban J connectivity index is 1.90. The van der Waals surface area contributed by atoms with Crippen LogP contribution < -0.4 is 0 Å². The van der Waals surface area contributed by atoms with Gasteiger partial charge in [0.2, 0.25) is 0 Å². The van der Waals surface area contributed by atoms with Gasteiger partial charge in [0.05, 0.1) is 23.0 Å². The van der Waals surface area contributed by atoms with E-state index < -0.39 is 5.97 Å². The molecule has 4 rings (SSSR count). The van der Waals surface area contributed by atoms with Gasteiger partial charge in [0.25, 0.3) is 0 Å². The van der Waals surface area contributed by atoms with E-state index in [2.05, 4.69) is 11.1 Å². The molecular formula is C19H11N3O4. The molecule has 0 atom stereocenters. The molecule has 0 spiro atoms. The van der Waals surface area contributed by atoms with Crippen LogP contribution in [-0.4, -0.2) is 25.6 Å². The Morgan fingerprint density at radius 1 is 1.19 bits per heavy atom. The van der Waals surface area contributed by atoms with Gasteiger partial charge in [-0.05, 0) is 30.3 Å². The number of pyridine rings is 1. The van der Waals surface area contributed by atoms with Gasteiger partial charge in [0.15, 0.2) is 12.2 Å². The fraction of sp³-hybridized carbons (Fsp3) is 0. The number of rotatable bonds is 3. The maximum Gasteiger partial charge on any atom is 0.339 e. The van der Waals surface area contributed by atoms with Crippen LogP contribution in [0.3, 0.4) is 0 Å². The Labute approximate surface area is 147 Å². The van der Waals surface area contributed by atoms with Crippen molar-refractivity contribution in [2.45, 2.75) is 0 Å². The molecule has 7 nitrogen and oxygen atoms in total. The predicted molar refractivity (Wildman–Crippen MR) is 91.7 cm³/mol. The lowest BCUT2D eigenvalue weighted by Crippen LogP contribution is -1.97. The molecule has 3 aromatic heterocycles. The smallest absolute Gasteiger partial charge is 0.339 e. The molecule has 4 aromatic rings. The Hall–Kier alpha value is -4.05. The highest BCUT2D eigenvalue weighted by Gasteiger charge is 2.15. The van der Waals surface area contributed by atoms with Crippen LogP contribution in [0.4, 0.5) is 0 Å². The highest BCUT2D eigenvalue weighted by Crippen LogP contribution is 2.32. The first-order valence-electron chi connectivity index (χ1n) is 7.59. The van der Waals surface area contributed by atoms with Gasteiger partial charge in [-0.3, -0.25) is 0 Å². The summed E-state index contributed by atoms with van der Waals surface area (Å²) in [6.07, 6.45) is 4.71. The molecule has 7 heteroatoms. The van der Waals surface area contributed by atoms with Gasteiger partial charge in [0.1, 0.15) is 17.4 Å². The zero-order valence-corrected chi connectivity index (χ0v) is 13.2. The lowest BCUT2D eigenvalue weighted by Gasteiger charge is -2.06. The highest BCUT2D eigenvalue weighted by molar-refractivity contribution is 5.92. The van der Waals surface area contributed by atoms with Gasteiger partial charge in [-0.15, -0.1) is 0 Å². The molecule has 0 saturated carbocycles. The van der Waals surface area contributed by atoms with Crippen molar-refractivity contribution in [2.24, 2.45) is 0 Å². The fourth-order valence-corrected chi connectivity index (χ4v) is 2.89. The third-order valence-electron chi connectivity index (χ3n) is 4.13. The first-order valence-corrected chi connectivity index (χ1v) is 7.59. The molecule has 26 heavy (non-hydrogen) atoms. The van der Waals surface area contributed by atoms with Gasteiger partial charge < -0.3 is 19.0 Å². The van der Waals surface area contributed by atoms with Crippen molar-refractivity contribution in [1.29, 1.82) is 5.26 Å². The number of oxazole rings is 1. The standard InChI is InChI=1S/C19H11N3O4/c20-8-13-6-15(11-1-2-14(19(24)25)17(23)7-11)22-4-3-12(5-16(13)22)18-9-21-10-26-18/h1-7,9-10,23H,(H,24,25). The number of nitriles is 1. The molecule has 0 fully saturated rings. The molecule has 1 aromatic carbocycles. The second-order valence-corrected chi connectivity index (χ2v) is 5.63. The predicted octanol–water partition coefficient (Wildman–Crippen LogP) is 3.54. The third-order valence-corrected chi connectivity index (χ3v) is 4.13. The monoisotopic (exact) mass is 345 g/mol. The molecule has 0 aliphatic carbocycles. The Morgan fingerprint density at radius 2 is 2.04 bits per heavy atom. The number of carboxylic acid groups (broad SMARTS) is 1. The molecule has 0 aliphatic heterocycles. The van der Waals surface area contributed by atoms with E-state index in [1.807, 2.05) is 12.1 Å². The maximum atomic E-state index is 11.1. The number of hydrogen-bond acceptors (Lipinski definition) is 5. The molecule has 0 unspecified atom stereocenters. The number of benzene rings is 1. The number of aromatic carboxylic acids is 1. The van der Waals surface area contributed by atoms with Crippen molar-refractivity contribution >= 4 is 11.5 Å². The minimum atomic E-state index is -1.21. The van der Waals surface area contributed by atoms with Crippen LogP contribution in [0, 0.1) is 11.3 Å². The van der Waals surface area contributed by atoms with Gasteiger partial charge in [-0.1, -0.05) is 6.07 Å². The summed E-state index contributed by atoms with van der Waals surface area (Å²) in [5.74, 6) is -0.951. The van der Waals surface area contributed by atoms with E-state index in [0.717, 1.165) is 5.56 Å². The quantitative estimate of drug-likeness (QED) is 0.587. The van der Waals surface area contributed by atoms with Gasteiger partial charge in [-0.25, -0.2) is 9.78 Å². The Morgan fingerprint density at radius 3 is 2.69 bits per heavy atom. The largest absolute Gasteiger partial charge is 0.507 e. The van der Waals surface area contributed by atoms with Gasteiger partial charge >= 0.3 is 5.97 Å². The zero-order valence-electron chi connectivity index (χ0n) is 13.2. The molecule has 2 N–H and O–H groups in total. The number of fused-ring (bicyclic) bond motifs is 1. The second-order valence-electron chi connectivity index (χ2n) is 5.63. The molecule has 0 aliphatic rings. The highest BCUT2D eigenvalue weighted by atomic mass is 16.4. The number of hydrogen-bond donors (Lipinski definition) is 2. The Bertz CT molecular complexity index is 1180. The summed E-state index contributed by atoms with van der Waals surface area (Å²) < 4.78 is 7.09. The SMILES string of the molecule is N#Cc1cc(-c2ccc(C(=O)O)c(O)c2)n2ccc(-c3cnco3)cc12. The van der Waals surface area contributed by atoms with Crippen molar-refractivity contribution < 1.29 is 19.4 Å². The first kappa shape index (κ1) is 15.5. The lowest BCUT2D eigenvalue weighted by atomic mass is 10.1. The number of aromatic hydroxyl groups is 1. The van der Waals surface area contributed by atoms with Crippen LogP contribution in [0.1, 0.15) is 15.9 Å². The number of carboxylic acids is 1. The van der Waals surface area contributed by atoms with E-state index in [9.17, 15) is 15.2 Å². The molecule has 0 radical (unpaired) electrons. The number of nitrogens with zero attached hydrogens (tertiary/aromatic N) is 3. The van der Waals surface area contributed by atoms with Crippen LogP contribution >= 0.6 is 0 Å². The summed E-state index contributed by atoms with van der Waals surface area (Å²) in [7, 11) is 0. The summed E-state index contributed by atoms with van der Waals surface area (Å²) in [6, 6.07) is 11.8. The minimum absolute atomic E-state index is 0.178.